The van der Waals surface area contributed by atoms with Crippen molar-refractivity contribution < 1.29 is 4.79 Å². The topological polar surface area (TPSA) is 44.4 Å². The lowest BCUT2D eigenvalue weighted by atomic mass is 9.82. The van der Waals surface area contributed by atoms with E-state index < -0.39 is 0 Å². The van der Waals surface area contributed by atoms with Crippen molar-refractivity contribution in [2.75, 3.05) is 11.9 Å². The highest BCUT2D eigenvalue weighted by molar-refractivity contribution is 5.94. The Morgan fingerprint density at radius 1 is 1.04 bits per heavy atom. The number of nitrogens with one attached hydrogen (secondary N) is 2. The van der Waals surface area contributed by atoms with Gasteiger partial charge in [-0.3, -0.25) is 4.90 Å². The Morgan fingerprint density at radius 3 is 2.43 bits per heavy atom. The number of hydrogen-bond donors (Lipinski definition) is 2. The molecular weight excluding hydrogens is 346 g/mol. The van der Waals surface area contributed by atoms with Gasteiger partial charge in [-0.05, 0) is 37.3 Å². The third-order valence-electron chi connectivity index (χ3n) is 6.06. The van der Waals surface area contributed by atoms with E-state index in [4.69, 9.17) is 0 Å². The zero-order valence-electron chi connectivity index (χ0n) is 16.3. The minimum atomic E-state index is -0.108. The molecule has 0 aliphatic carbocycles. The number of fused-ring (bicyclic) bond motifs is 2. The average Bonchev–Trinajstić information content (AvgIpc) is 2.70. The second-order valence-corrected chi connectivity index (χ2v) is 7.90. The fourth-order valence-electron chi connectivity index (χ4n) is 4.85. The van der Waals surface area contributed by atoms with E-state index in [1.54, 1.807) is 0 Å². The number of rotatable bonds is 5. The van der Waals surface area contributed by atoms with E-state index in [0.717, 1.165) is 36.2 Å². The number of anilines is 1. The van der Waals surface area contributed by atoms with Gasteiger partial charge in [0.2, 0.25) is 0 Å². The fourth-order valence-corrected chi connectivity index (χ4v) is 4.85. The van der Waals surface area contributed by atoms with E-state index in [9.17, 15) is 4.79 Å². The summed E-state index contributed by atoms with van der Waals surface area (Å²) in [6.07, 6.45) is 7.80. The summed E-state index contributed by atoms with van der Waals surface area (Å²) in [5.74, 6) is 0. The van der Waals surface area contributed by atoms with Crippen molar-refractivity contribution >= 4 is 11.7 Å². The van der Waals surface area contributed by atoms with Gasteiger partial charge in [0.15, 0.2) is 0 Å². The van der Waals surface area contributed by atoms with Gasteiger partial charge in [-0.2, -0.15) is 0 Å². The molecule has 3 atom stereocenters. The maximum atomic E-state index is 12.7. The predicted octanol–water partition coefficient (Wildman–Crippen LogP) is 5.05. The van der Waals surface area contributed by atoms with E-state index in [1.165, 1.54) is 19.3 Å². The number of carbonyl (C=O) groups excluding carboxylic acids is 1. The van der Waals surface area contributed by atoms with Crippen LogP contribution in [0.15, 0.2) is 67.3 Å². The van der Waals surface area contributed by atoms with E-state index in [0.29, 0.717) is 12.1 Å². The first-order valence-electron chi connectivity index (χ1n) is 10.3. The molecule has 1 unspecified atom stereocenters. The third-order valence-corrected chi connectivity index (χ3v) is 6.06. The molecule has 0 aromatic heterocycles. The first kappa shape index (κ1) is 18.8. The van der Waals surface area contributed by atoms with Gasteiger partial charge in [0.25, 0.3) is 0 Å². The summed E-state index contributed by atoms with van der Waals surface area (Å²) in [4.78, 5) is 15.3. The lowest BCUT2D eigenvalue weighted by Crippen LogP contribution is -2.57. The Morgan fingerprint density at radius 2 is 1.71 bits per heavy atom. The molecule has 146 valence electrons. The molecule has 0 radical (unpaired) electrons. The normalized spacial score (nSPS) is 24.4. The smallest absolute Gasteiger partial charge is 0.319 e. The van der Waals surface area contributed by atoms with E-state index >= 15 is 0 Å². The zero-order valence-corrected chi connectivity index (χ0v) is 16.3. The van der Waals surface area contributed by atoms with Gasteiger partial charge >= 0.3 is 6.03 Å². The maximum Gasteiger partial charge on any atom is 0.319 e. The molecule has 2 N–H and O–H groups in total. The highest BCUT2D eigenvalue weighted by atomic mass is 16.2. The Labute approximate surface area is 167 Å². The van der Waals surface area contributed by atoms with Crippen molar-refractivity contribution in [1.29, 1.82) is 0 Å². The molecule has 4 nitrogen and oxygen atoms in total. The van der Waals surface area contributed by atoms with E-state index in [2.05, 4.69) is 34.2 Å². The predicted molar refractivity (Wildman–Crippen MR) is 115 cm³/mol. The third kappa shape index (κ3) is 4.12. The second-order valence-electron chi connectivity index (χ2n) is 7.90. The molecule has 4 heteroatoms. The quantitative estimate of drug-likeness (QED) is 0.719. The molecule has 2 amide bonds. The van der Waals surface area contributed by atoms with Crippen molar-refractivity contribution in [1.82, 2.24) is 10.2 Å². The highest BCUT2D eigenvalue weighted by Crippen LogP contribution is 2.34. The zero-order chi connectivity index (χ0) is 19.3. The van der Waals surface area contributed by atoms with E-state index in [1.807, 2.05) is 48.5 Å². The number of piperidine rings is 2. The lowest BCUT2D eigenvalue weighted by molar-refractivity contribution is 0.0375. The molecule has 2 aromatic carbocycles. The van der Waals surface area contributed by atoms with Crippen LogP contribution in [0.2, 0.25) is 0 Å². The van der Waals surface area contributed by atoms with Crippen LogP contribution in [0, 0.1) is 0 Å². The summed E-state index contributed by atoms with van der Waals surface area (Å²) in [5.41, 5.74) is 2.98. The van der Waals surface area contributed by atoms with Crippen molar-refractivity contribution in [2.24, 2.45) is 0 Å². The largest absolute Gasteiger partial charge is 0.335 e. The molecule has 4 rings (SSSR count). The molecule has 2 saturated heterocycles. The van der Waals surface area contributed by atoms with E-state index in [-0.39, 0.29) is 12.1 Å². The molecule has 2 aromatic rings. The van der Waals surface area contributed by atoms with Gasteiger partial charge in [-0.15, -0.1) is 6.58 Å². The molecule has 0 spiro atoms. The number of carbonyl (C=O) groups is 1. The Balaban J connectivity index is 1.41. The van der Waals surface area contributed by atoms with Crippen molar-refractivity contribution in [3.8, 4) is 11.1 Å². The number of para-hydroxylation sites is 1. The summed E-state index contributed by atoms with van der Waals surface area (Å²) in [7, 11) is 0. The second kappa shape index (κ2) is 8.61. The molecule has 2 aliphatic heterocycles. The van der Waals surface area contributed by atoms with Crippen LogP contribution < -0.4 is 10.6 Å². The minimum absolute atomic E-state index is 0.108. The van der Waals surface area contributed by atoms with Crippen molar-refractivity contribution in [3.05, 3.63) is 67.3 Å². The van der Waals surface area contributed by atoms with Crippen LogP contribution >= 0.6 is 0 Å². The number of hydrogen-bond acceptors (Lipinski definition) is 2. The Kier molecular flexibility index (Phi) is 5.77. The van der Waals surface area contributed by atoms with Crippen LogP contribution in [-0.4, -0.2) is 35.6 Å². The molecule has 2 heterocycles. The number of amides is 2. The van der Waals surface area contributed by atoms with Crippen molar-refractivity contribution in [2.45, 2.75) is 50.2 Å². The number of nitrogens with zero attached hydrogens (tertiary/aromatic N) is 1. The maximum absolute atomic E-state index is 12.7. The van der Waals surface area contributed by atoms with Crippen LogP contribution in [0.4, 0.5) is 10.5 Å². The standard InChI is InChI=1S/C24H29N3O/c1-2-15-27-20-11-8-12-21(27)17-19(16-20)25-24(28)26-23-14-7-6-13-22(23)18-9-4-3-5-10-18/h2-7,9-10,13-14,19-21H,1,8,11-12,15-17H2,(H2,25,26,28)/t19?,20-,21+. The van der Waals surface area contributed by atoms with Crippen molar-refractivity contribution in [3.63, 3.8) is 0 Å². The van der Waals surface area contributed by atoms with Gasteiger partial charge in [0.05, 0.1) is 5.69 Å². The van der Waals surface area contributed by atoms with Gasteiger partial charge < -0.3 is 10.6 Å². The van der Waals surface area contributed by atoms with Crippen LogP contribution in [0.5, 0.6) is 0 Å². The molecule has 2 aliphatic rings. The SMILES string of the molecule is C=CCN1[C@@H]2CCC[C@H]1CC(NC(=O)Nc1ccccc1-c1ccccc1)C2. The number of benzene rings is 2. The Hall–Kier alpha value is -2.59. The summed E-state index contributed by atoms with van der Waals surface area (Å²) < 4.78 is 0. The monoisotopic (exact) mass is 375 g/mol. The first-order valence-corrected chi connectivity index (χ1v) is 10.3. The van der Waals surface area contributed by atoms with Crippen LogP contribution in [0.3, 0.4) is 0 Å². The van der Waals surface area contributed by atoms with Gasteiger partial charge in [0, 0.05) is 30.2 Å². The lowest BCUT2D eigenvalue weighted by Gasteiger charge is -2.48. The van der Waals surface area contributed by atoms with Gasteiger partial charge in [0.1, 0.15) is 0 Å². The highest BCUT2D eigenvalue weighted by Gasteiger charge is 2.37. The first-order chi connectivity index (χ1) is 13.7. The minimum Gasteiger partial charge on any atom is -0.335 e. The average molecular weight is 376 g/mol. The summed E-state index contributed by atoms with van der Waals surface area (Å²) >= 11 is 0. The van der Waals surface area contributed by atoms with Gasteiger partial charge in [-0.25, -0.2) is 4.79 Å². The van der Waals surface area contributed by atoms with Crippen LogP contribution in [0.1, 0.15) is 32.1 Å². The molecule has 2 bridgehead atoms. The Bertz CT molecular complexity index is 806. The summed E-state index contributed by atoms with van der Waals surface area (Å²) in [6.45, 7) is 4.87. The summed E-state index contributed by atoms with van der Waals surface area (Å²) in [6, 6.07) is 19.4. The van der Waals surface area contributed by atoms with Crippen LogP contribution in [-0.2, 0) is 0 Å². The van der Waals surface area contributed by atoms with Gasteiger partial charge in [-0.1, -0.05) is 61.0 Å². The molecule has 28 heavy (non-hydrogen) atoms. The fraction of sp³-hybridized carbons (Fsp3) is 0.375. The summed E-state index contributed by atoms with van der Waals surface area (Å²) in [5, 5.41) is 6.31. The molecule has 0 saturated carbocycles. The molecule has 2 fully saturated rings. The number of urea groups is 1. The molecular formula is C24H29N3O. The van der Waals surface area contributed by atoms with Crippen LogP contribution in [0.25, 0.3) is 11.1 Å².